The van der Waals surface area contributed by atoms with E-state index < -0.39 is 29.1 Å². The summed E-state index contributed by atoms with van der Waals surface area (Å²) in [6.45, 7) is 5.72. The van der Waals surface area contributed by atoms with Crippen molar-refractivity contribution in [3.8, 4) is 11.8 Å². The second-order valence-corrected chi connectivity index (χ2v) is 12.9. The number of aryl methyl sites for hydroxylation is 2. The lowest BCUT2D eigenvalue weighted by molar-refractivity contribution is -0.137. The van der Waals surface area contributed by atoms with E-state index in [1.165, 1.54) is 29.1 Å². The number of hydrogen-bond donors (Lipinski definition) is 2. The smallest absolute Gasteiger partial charge is 0.416 e. The first-order valence-electron chi connectivity index (χ1n) is 17.1. The van der Waals surface area contributed by atoms with Crippen molar-refractivity contribution in [2.24, 2.45) is 0 Å². The number of aromatic hydroxyl groups is 1. The molecule has 3 amide bonds. The van der Waals surface area contributed by atoms with Gasteiger partial charge in [0.05, 0.1) is 23.0 Å². The molecule has 5 heterocycles. The Morgan fingerprint density at radius 1 is 1.06 bits per heavy atom. The highest BCUT2D eigenvalue weighted by Gasteiger charge is 2.32. The van der Waals surface area contributed by atoms with Crippen LogP contribution in [-0.2, 0) is 28.7 Å². The molecule has 2 N–H and O–H groups in total. The van der Waals surface area contributed by atoms with Crippen LogP contribution < -0.4 is 15.8 Å². The number of nitrogens with one attached hydrogen (secondary N) is 1. The first kappa shape index (κ1) is 37.4. The molecule has 282 valence electrons. The Kier molecular flexibility index (Phi) is 10.4. The number of fused-ring (bicyclic) bond motifs is 1. The van der Waals surface area contributed by atoms with E-state index in [9.17, 15) is 37.5 Å². The molecule has 0 aliphatic carbocycles. The molecule has 0 atom stereocenters. The standard InChI is InChI=1S/C35H36F3N11O5/c1-4-25-29(46-13-15-47(16-14-46)32(53)28-30(52)21(3)40-19-41-28)33(54)49-34(43-31(44-49)22-8-11-45(12-9-22)27(51)7-10-39)48(25)18-26(50)42-24-6-5-23(17-20(24)2)35(36,37)38/h5-6,8,17,19,52H,4,7,9,11-16,18H2,1-3H3,(H,42,50). The molecular weight excluding hydrogens is 711 g/mol. The summed E-state index contributed by atoms with van der Waals surface area (Å²) in [5.41, 5.74) is 0.480. The summed E-state index contributed by atoms with van der Waals surface area (Å²) < 4.78 is 42.5. The summed E-state index contributed by atoms with van der Waals surface area (Å²) in [7, 11) is 0. The highest BCUT2D eigenvalue weighted by Crippen LogP contribution is 2.32. The van der Waals surface area contributed by atoms with Crippen molar-refractivity contribution >= 4 is 40.4 Å². The molecular formula is C35H36F3N11O5. The van der Waals surface area contributed by atoms with Gasteiger partial charge < -0.3 is 29.7 Å². The van der Waals surface area contributed by atoms with Crippen LogP contribution in [0.2, 0.25) is 0 Å². The third-order valence-electron chi connectivity index (χ3n) is 9.46. The summed E-state index contributed by atoms with van der Waals surface area (Å²) in [4.78, 5) is 70.8. The number of aromatic nitrogens is 6. The van der Waals surface area contributed by atoms with Gasteiger partial charge in [-0.1, -0.05) is 13.0 Å². The first-order valence-corrected chi connectivity index (χ1v) is 17.1. The predicted octanol–water partition coefficient (Wildman–Crippen LogP) is 2.72. The number of halogens is 3. The van der Waals surface area contributed by atoms with Crippen LogP contribution in [0.15, 0.2) is 35.4 Å². The minimum atomic E-state index is -4.56. The van der Waals surface area contributed by atoms with Gasteiger partial charge in [0, 0.05) is 45.0 Å². The van der Waals surface area contributed by atoms with Gasteiger partial charge in [-0.3, -0.25) is 19.2 Å². The molecule has 0 saturated carbocycles. The maximum Gasteiger partial charge on any atom is 0.416 e. The number of rotatable bonds is 8. The monoisotopic (exact) mass is 747 g/mol. The van der Waals surface area contributed by atoms with Gasteiger partial charge in [0.15, 0.2) is 17.3 Å². The molecule has 0 radical (unpaired) electrons. The molecule has 54 heavy (non-hydrogen) atoms. The number of amides is 3. The number of piperazine rings is 1. The number of anilines is 2. The lowest BCUT2D eigenvalue weighted by Crippen LogP contribution is -2.51. The van der Waals surface area contributed by atoms with Crippen LogP contribution in [0, 0.1) is 25.2 Å². The van der Waals surface area contributed by atoms with Crippen molar-refractivity contribution in [2.45, 2.75) is 52.8 Å². The highest BCUT2D eigenvalue weighted by molar-refractivity contribution is 5.95. The molecule has 1 aromatic carbocycles. The van der Waals surface area contributed by atoms with Crippen LogP contribution in [-0.4, -0.2) is 101 Å². The molecule has 0 spiro atoms. The van der Waals surface area contributed by atoms with E-state index in [0.717, 1.165) is 16.6 Å². The molecule has 0 unspecified atom stereocenters. The quantitative estimate of drug-likeness (QED) is 0.269. The zero-order valence-electron chi connectivity index (χ0n) is 29.6. The van der Waals surface area contributed by atoms with Gasteiger partial charge in [-0.25, -0.2) is 9.97 Å². The highest BCUT2D eigenvalue weighted by atomic mass is 19.4. The first-order chi connectivity index (χ1) is 25.7. The van der Waals surface area contributed by atoms with Crippen molar-refractivity contribution in [1.82, 2.24) is 38.9 Å². The SMILES string of the molecule is CCc1c(N2CCN(C(=O)c3ncnc(C)c3O)CC2)c(=O)n2nc(C3=CCN(C(=O)CC#N)CC3)nc2n1CC(=O)Nc1ccc(C(F)(F)F)cc1C. The third-order valence-corrected chi connectivity index (χ3v) is 9.46. The molecule has 0 bridgehead atoms. The van der Waals surface area contributed by atoms with Gasteiger partial charge in [0.1, 0.15) is 25.0 Å². The maximum atomic E-state index is 14.3. The number of alkyl halides is 3. The zero-order chi connectivity index (χ0) is 38.9. The summed E-state index contributed by atoms with van der Waals surface area (Å²) in [5.74, 6) is -1.44. The number of nitriles is 1. The normalized spacial score (nSPS) is 14.9. The minimum absolute atomic E-state index is 0.0576. The van der Waals surface area contributed by atoms with Crippen LogP contribution in [0.4, 0.5) is 24.5 Å². The molecule has 4 aromatic rings. The van der Waals surface area contributed by atoms with Gasteiger partial charge in [0.25, 0.3) is 11.5 Å². The van der Waals surface area contributed by atoms with E-state index in [1.807, 2.05) is 6.07 Å². The number of benzene rings is 1. The van der Waals surface area contributed by atoms with Crippen LogP contribution in [0.1, 0.15) is 58.6 Å². The van der Waals surface area contributed by atoms with Gasteiger partial charge in [-0.15, -0.1) is 5.10 Å². The zero-order valence-corrected chi connectivity index (χ0v) is 29.6. The largest absolute Gasteiger partial charge is 0.504 e. The van der Waals surface area contributed by atoms with E-state index in [0.29, 0.717) is 24.2 Å². The summed E-state index contributed by atoms with van der Waals surface area (Å²) in [5, 5.41) is 26.5. The fourth-order valence-corrected chi connectivity index (χ4v) is 6.56. The van der Waals surface area contributed by atoms with Crippen molar-refractivity contribution in [3.05, 3.63) is 75.0 Å². The Morgan fingerprint density at radius 2 is 1.80 bits per heavy atom. The Balaban J connectivity index is 1.35. The van der Waals surface area contributed by atoms with Crippen LogP contribution >= 0.6 is 0 Å². The number of carbonyl (C=O) groups is 3. The van der Waals surface area contributed by atoms with E-state index in [1.54, 1.807) is 29.4 Å². The molecule has 1 fully saturated rings. The molecule has 1 saturated heterocycles. The lowest BCUT2D eigenvalue weighted by atomic mass is 10.1. The Labute approximate surface area is 306 Å². The fourth-order valence-electron chi connectivity index (χ4n) is 6.56. The second-order valence-electron chi connectivity index (χ2n) is 12.9. The summed E-state index contributed by atoms with van der Waals surface area (Å²) in [6.07, 6.45) is -1.25. The topological polar surface area (TPSA) is 195 Å². The average molecular weight is 748 g/mol. The fraction of sp³-hybridized carbons (Fsp3) is 0.400. The molecule has 3 aromatic heterocycles. The Morgan fingerprint density at radius 3 is 2.43 bits per heavy atom. The minimum Gasteiger partial charge on any atom is -0.504 e. The van der Waals surface area contributed by atoms with Crippen molar-refractivity contribution < 1.29 is 32.7 Å². The van der Waals surface area contributed by atoms with E-state index in [4.69, 9.17) is 5.26 Å². The Hall–Kier alpha value is -6.32. The van der Waals surface area contributed by atoms with Gasteiger partial charge in [0.2, 0.25) is 17.6 Å². The van der Waals surface area contributed by atoms with Crippen molar-refractivity contribution in [2.75, 3.05) is 49.5 Å². The lowest BCUT2D eigenvalue weighted by Gasteiger charge is -2.36. The third kappa shape index (κ3) is 7.31. The molecule has 2 aliphatic rings. The Bertz CT molecular complexity index is 2280. The second kappa shape index (κ2) is 15.0. The molecule has 19 heteroatoms. The van der Waals surface area contributed by atoms with Gasteiger partial charge in [-0.2, -0.15) is 27.9 Å². The molecule has 6 rings (SSSR count). The molecule has 2 aliphatic heterocycles. The van der Waals surface area contributed by atoms with Crippen LogP contribution in [0.5, 0.6) is 5.75 Å². The molecule has 16 nitrogen and oxygen atoms in total. The summed E-state index contributed by atoms with van der Waals surface area (Å²) >= 11 is 0. The number of hydrogen-bond acceptors (Lipinski definition) is 11. The van der Waals surface area contributed by atoms with Crippen LogP contribution in [0.25, 0.3) is 11.4 Å². The van der Waals surface area contributed by atoms with Crippen molar-refractivity contribution in [3.63, 3.8) is 0 Å². The van der Waals surface area contributed by atoms with Gasteiger partial charge in [-0.05, 0) is 56.0 Å². The number of carbonyl (C=O) groups excluding carboxylic acids is 3. The average Bonchev–Trinajstić information content (AvgIpc) is 3.60. The summed E-state index contributed by atoms with van der Waals surface area (Å²) in [6, 6.07) is 4.85. The van der Waals surface area contributed by atoms with E-state index in [-0.39, 0.29) is 104 Å². The van der Waals surface area contributed by atoms with Crippen LogP contribution in [0.3, 0.4) is 0 Å². The number of nitrogens with zero attached hydrogens (tertiary/aromatic N) is 10. The van der Waals surface area contributed by atoms with E-state index in [2.05, 4.69) is 25.4 Å². The van der Waals surface area contributed by atoms with E-state index >= 15 is 0 Å². The van der Waals surface area contributed by atoms with Gasteiger partial charge >= 0.3 is 6.18 Å². The van der Waals surface area contributed by atoms with Crippen molar-refractivity contribution in [1.29, 1.82) is 5.26 Å². The predicted molar refractivity (Wildman–Crippen MR) is 187 cm³/mol. The maximum absolute atomic E-state index is 14.3.